The van der Waals surface area contributed by atoms with Gasteiger partial charge in [0.05, 0.1) is 11.4 Å². The van der Waals surface area contributed by atoms with E-state index >= 15 is 0 Å². The van der Waals surface area contributed by atoms with E-state index in [-0.39, 0.29) is 11.3 Å². The number of amides is 1. The molecule has 1 unspecified atom stereocenters. The highest BCUT2D eigenvalue weighted by Gasteiger charge is 2.33. The Hall–Kier alpha value is -1.03. The number of hydrogen-bond acceptors (Lipinski definition) is 3. The summed E-state index contributed by atoms with van der Waals surface area (Å²) >= 11 is 1.67. The third-order valence-electron chi connectivity index (χ3n) is 2.47. The van der Waals surface area contributed by atoms with Crippen LogP contribution in [0.25, 0.3) is 0 Å². The molecule has 0 aliphatic carbocycles. The van der Waals surface area contributed by atoms with Gasteiger partial charge in [0, 0.05) is 12.7 Å². The molecule has 1 aliphatic heterocycles. The first-order valence-electron chi connectivity index (χ1n) is 5.50. The summed E-state index contributed by atoms with van der Waals surface area (Å²) in [5.74, 6) is 1.30. The fourth-order valence-electron chi connectivity index (χ4n) is 1.81. The van der Waals surface area contributed by atoms with E-state index in [1.807, 2.05) is 23.1 Å². The maximum Gasteiger partial charge on any atom is 0.233 e. The third-order valence-corrected chi connectivity index (χ3v) is 3.70. The molecule has 1 aliphatic rings. The van der Waals surface area contributed by atoms with Crippen molar-refractivity contribution < 1.29 is 4.79 Å². The van der Waals surface area contributed by atoms with E-state index in [1.54, 1.807) is 18.0 Å². The van der Waals surface area contributed by atoms with Crippen molar-refractivity contribution in [2.24, 2.45) is 5.92 Å². The molecule has 1 aromatic rings. The molecule has 0 bridgehead atoms. The Morgan fingerprint density at radius 3 is 3.00 bits per heavy atom. The minimum absolute atomic E-state index is 0.107. The molecule has 86 valence electrons. The highest BCUT2D eigenvalue weighted by atomic mass is 32.2. The van der Waals surface area contributed by atoms with Crippen LogP contribution in [0.3, 0.4) is 0 Å². The van der Waals surface area contributed by atoms with Gasteiger partial charge < -0.3 is 4.90 Å². The monoisotopic (exact) mass is 236 g/mol. The number of pyridine rings is 1. The van der Waals surface area contributed by atoms with Gasteiger partial charge in [-0.25, -0.2) is 0 Å². The molecule has 1 aromatic heterocycles. The lowest BCUT2D eigenvalue weighted by Crippen LogP contribution is -2.31. The number of hydrogen-bond donors (Lipinski definition) is 0. The van der Waals surface area contributed by atoms with E-state index in [0.29, 0.717) is 11.7 Å². The summed E-state index contributed by atoms with van der Waals surface area (Å²) in [6, 6.07) is 5.86. The van der Waals surface area contributed by atoms with E-state index in [4.69, 9.17) is 0 Å². The van der Waals surface area contributed by atoms with Crippen LogP contribution in [-0.2, 0) is 4.79 Å². The van der Waals surface area contributed by atoms with Crippen LogP contribution in [0.4, 0.5) is 0 Å². The fourth-order valence-corrected chi connectivity index (χ4v) is 2.97. The summed E-state index contributed by atoms with van der Waals surface area (Å²) < 4.78 is 0. The van der Waals surface area contributed by atoms with Gasteiger partial charge in [0.1, 0.15) is 5.37 Å². The Morgan fingerprint density at radius 1 is 1.56 bits per heavy atom. The molecule has 1 amide bonds. The standard InChI is InChI=1S/C12H16N2OS/c1-9(2)7-14-11(15)8-16-12(14)10-5-3-4-6-13-10/h3-6,9,12H,7-8H2,1-2H3. The summed E-state index contributed by atoms with van der Waals surface area (Å²) in [5, 5.41) is 0.107. The molecule has 0 spiro atoms. The lowest BCUT2D eigenvalue weighted by atomic mass is 10.2. The second kappa shape index (κ2) is 4.87. The van der Waals surface area contributed by atoms with Crippen molar-refractivity contribution in [1.82, 2.24) is 9.88 Å². The summed E-state index contributed by atoms with van der Waals surface area (Å²) in [6.45, 7) is 5.07. The second-order valence-electron chi connectivity index (χ2n) is 4.36. The van der Waals surface area contributed by atoms with Crippen LogP contribution in [0.1, 0.15) is 24.9 Å². The number of nitrogens with zero attached hydrogens (tertiary/aromatic N) is 2. The zero-order valence-electron chi connectivity index (χ0n) is 9.59. The van der Waals surface area contributed by atoms with Gasteiger partial charge in [0.25, 0.3) is 0 Å². The van der Waals surface area contributed by atoms with Gasteiger partial charge in [0.15, 0.2) is 0 Å². The third kappa shape index (κ3) is 2.38. The van der Waals surface area contributed by atoms with Gasteiger partial charge in [-0.1, -0.05) is 19.9 Å². The molecule has 0 saturated carbocycles. The predicted octanol–water partition coefficient (Wildman–Crippen LogP) is 2.31. The van der Waals surface area contributed by atoms with Crippen molar-refractivity contribution in [2.45, 2.75) is 19.2 Å². The molecule has 2 rings (SSSR count). The van der Waals surface area contributed by atoms with Gasteiger partial charge in [-0.3, -0.25) is 9.78 Å². The van der Waals surface area contributed by atoms with Crippen LogP contribution in [0.15, 0.2) is 24.4 Å². The van der Waals surface area contributed by atoms with Gasteiger partial charge in [-0.05, 0) is 18.1 Å². The summed E-state index contributed by atoms with van der Waals surface area (Å²) in [7, 11) is 0. The predicted molar refractivity (Wildman–Crippen MR) is 66.0 cm³/mol. The van der Waals surface area contributed by atoms with Gasteiger partial charge in [-0.2, -0.15) is 0 Å². The number of thioether (sulfide) groups is 1. The first-order chi connectivity index (χ1) is 7.68. The van der Waals surface area contributed by atoms with E-state index in [2.05, 4.69) is 18.8 Å². The first-order valence-corrected chi connectivity index (χ1v) is 6.55. The van der Waals surface area contributed by atoms with Crippen LogP contribution in [0, 0.1) is 5.92 Å². The lowest BCUT2D eigenvalue weighted by molar-refractivity contribution is -0.128. The molecular formula is C12H16N2OS. The molecule has 4 heteroatoms. The Bertz CT molecular complexity index is 367. The first kappa shape index (κ1) is 11.5. The Kier molecular flexibility index (Phi) is 3.49. The minimum atomic E-state index is 0.107. The average molecular weight is 236 g/mol. The molecule has 0 N–H and O–H groups in total. The number of rotatable bonds is 3. The van der Waals surface area contributed by atoms with Gasteiger partial charge >= 0.3 is 0 Å². The molecule has 0 aromatic carbocycles. The number of carbonyl (C=O) groups is 1. The van der Waals surface area contributed by atoms with Crippen LogP contribution in [-0.4, -0.2) is 28.1 Å². The Labute approximate surface area is 100 Å². The fraction of sp³-hybridized carbons (Fsp3) is 0.500. The van der Waals surface area contributed by atoms with Crippen LogP contribution in [0.5, 0.6) is 0 Å². The highest BCUT2D eigenvalue weighted by molar-refractivity contribution is 8.00. The van der Waals surface area contributed by atoms with Crippen molar-refractivity contribution in [2.75, 3.05) is 12.3 Å². The molecule has 0 radical (unpaired) electrons. The highest BCUT2D eigenvalue weighted by Crippen LogP contribution is 2.37. The molecular weight excluding hydrogens is 220 g/mol. The Morgan fingerprint density at radius 2 is 2.38 bits per heavy atom. The van der Waals surface area contributed by atoms with Crippen molar-refractivity contribution in [3.8, 4) is 0 Å². The van der Waals surface area contributed by atoms with Crippen molar-refractivity contribution in [3.63, 3.8) is 0 Å². The van der Waals surface area contributed by atoms with Crippen molar-refractivity contribution in [3.05, 3.63) is 30.1 Å². The van der Waals surface area contributed by atoms with E-state index in [0.717, 1.165) is 12.2 Å². The van der Waals surface area contributed by atoms with Crippen molar-refractivity contribution in [1.29, 1.82) is 0 Å². The topological polar surface area (TPSA) is 33.2 Å². The van der Waals surface area contributed by atoms with E-state index < -0.39 is 0 Å². The van der Waals surface area contributed by atoms with Crippen molar-refractivity contribution >= 4 is 17.7 Å². The van der Waals surface area contributed by atoms with Crippen LogP contribution >= 0.6 is 11.8 Å². The van der Waals surface area contributed by atoms with Gasteiger partial charge in [-0.15, -0.1) is 11.8 Å². The SMILES string of the molecule is CC(C)CN1C(=O)CSC1c1ccccn1. The largest absolute Gasteiger partial charge is 0.324 e. The zero-order valence-corrected chi connectivity index (χ0v) is 10.4. The molecule has 1 saturated heterocycles. The summed E-state index contributed by atoms with van der Waals surface area (Å²) in [4.78, 5) is 18.1. The number of carbonyl (C=O) groups excluding carboxylic acids is 1. The average Bonchev–Trinajstić information content (AvgIpc) is 2.61. The maximum absolute atomic E-state index is 11.8. The molecule has 2 heterocycles. The van der Waals surface area contributed by atoms with Gasteiger partial charge in [0.2, 0.25) is 5.91 Å². The molecule has 1 fully saturated rings. The summed E-state index contributed by atoms with van der Waals surface area (Å²) in [6.07, 6.45) is 1.78. The smallest absolute Gasteiger partial charge is 0.233 e. The second-order valence-corrected chi connectivity index (χ2v) is 5.43. The quantitative estimate of drug-likeness (QED) is 0.807. The zero-order chi connectivity index (χ0) is 11.5. The summed E-state index contributed by atoms with van der Waals surface area (Å²) in [5.41, 5.74) is 0.985. The molecule has 3 nitrogen and oxygen atoms in total. The van der Waals surface area contributed by atoms with E-state index in [9.17, 15) is 4.79 Å². The lowest BCUT2D eigenvalue weighted by Gasteiger charge is -2.25. The maximum atomic E-state index is 11.8. The normalized spacial score (nSPS) is 20.8. The van der Waals surface area contributed by atoms with E-state index in [1.165, 1.54) is 0 Å². The molecule has 1 atom stereocenters. The molecule has 16 heavy (non-hydrogen) atoms. The number of aromatic nitrogens is 1. The Balaban J connectivity index is 2.18. The van der Waals surface area contributed by atoms with Crippen LogP contribution < -0.4 is 0 Å². The minimum Gasteiger partial charge on any atom is -0.324 e. The van der Waals surface area contributed by atoms with Crippen LogP contribution in [0.2, 0.25) is 0 Å².